The van der Waals surface area contributed by atoms with Gasteiger partial charge in [-0.05, 0) is 43.3 Å². The standard InChI is InChI=1S/C35H39N7O4/c1-24-36-16-15-33(37-24)46-30-14-13-29(27-7-5-6-8-28(27)30)38-34(43)39-32-23-31(35(2,3)4)40-42(32)25-9-11-26(12-10-25)45-22-19-41-17-20-44-21-18-41/h5-16,23H,17-22H2,1-4H3,(H2,38,39,43). The fourth-order valence-electron chi connectivity index (χ4n) is 5.18. The van der Waals surface area contributed by atoms with E-state index in [9.17, 15) is 4.79 Å². The Balaban J connectivity index is 1.18. The van der Waals surface area contributed by atoms with Crippen molar-refractivity contribution >= 4 is 28.3 Å². The number of ether oxygens (including phenoxy) is 3. The van der Waals surface area contributed by atoms with Gasteiger partial charge in [-0.1, -0.05) is 45.0 Å². The number of urea groups is 1. The average molecular weight is 622 g/mol. The number of carbonyl (C=O) groups is 1. The van der Waals surface area contributed by atoms with Crippen LogP contribution in [0.15, 0.2) is 79.0 Å². The molecular weight excluding hydrogens is 582 g/mol. The van der Waals surface area contributed by atoms with E-state index in [1.807, 2.05) is 73.7 Å². The summed E-state index contributed by atoms with van der Waals surface area (Å²) in [5.41, 5.74) is 2.06. The predicted molar refractivity (Wildman–Crippen MR) is 178 cm³/mol. The highest BCUT2D eigenvalue weighted by Gasteiger charge is 2.22. The van der Waals surface area contributed by atoms with Crippen molar-refractivity contribution in [3.05, 3.63) is 90.5 Å². The molecule has 0 aliphatic carbocycles. The molecule has 6 rings (SSSR count). The summed E-state index contributed by atoms with van der Waals surface area (Å²) in [7, 11) is 0. The van der Waals surface area contributed by atoms with Crippen molar-refractivity contribution in [1.29, 1.82) is 0 Å². The molecule has 2 aromatic heterocycles. The van der Waals surface area contributed by atoms with Crippen LogP contribution in [-0.2, 0) is 10.2 Å². The van der Waals surface area contributed by atoms with Crippen LogP contribution in [-0.4, -0.2) is 70.1 Å². The van der Waals surface area contributed by atoms with Crippen LogP contribution in [0.25, 0.3) is 16.5 Å². The molecule has 3 aromatic carbocycles. The summed E-state index contributed by atoms with van der Waals surface area (Å²) in [6, 6.07) is 22.3. The van der Waals surface area contributed by atoms with Crippen LogP contribution in [0.1, 0.15) is 32.3 Å². The lowest BCUT2D eigenvalue weighted by Gasteiger charge is -2.26. The molecule has 11 nitrogen and oxygen atoms in total. The number of aryl methyl sites for hydroxylation is 1. The van der Waals surface area contributed by atoms with Gasteiger partial charge in [0.25, 0.3) is 0 Å². The zero-order valence-electron chi connectivity index (χ0n) is 26.6. The van der Waals surface area contributed by atoms with E-state index in [0.29, 0.717) is 35.6 Å². The molecule has 1 saturated heterocycles. The summed E-state index contributed by atoms with van der Waals surface area (Å²) >= 11 is 0. The fourth-order valence-corrected chi connectivity index (χ4v) is 5.18. The number of hydrogen-bond donors (Lipinski definition) is 2. The first-order valence-corrected chi connectivity index (χ1v) is 15.4. The van der Waals surface area contributed by atoms with E-state index in [2.05, 4.69) is 46.3 Å². The summed E-state index contributed by atoms with van der Waals surface area (Å²) in [5.74, 6) is 3.02. The molecule has 1 fully saturated rings. The highest BCUT2D eigenvalue weighted by atomic mass is 16.5. The van der Waals surface area contributed by atoms with E-state index in [4.69, 9.17) is 19.3 Å². The van der Waals surface area contributed by atoms with Crippen LogP contribution in [0, 0.1) is 6.92 Å². The van der Waals surface area contributed by atoms with Gasteiger partial charge in [0, 0.05) is 54.2 Å². The largest absolute Gasteiger partial charge is 0.492 e. The Morgan fingerprint density at radius 1 is 0.957 bits per heavy atom. The minimum Gasteiger partial charge on any atom is -0.492 e. The Kier molecular flexibility index (Phi) is 9.13. The molecule has 238 valence electrons. The van der Waals surface area contributed by atoms with Gasteiger partial charge in [-0.25, -0.2) is 14.5 Å². The van der Waals surface area contributed by atoms with Crippen molar-refractivity contribution in [2.45, 2.75) is 33.1 Å². The predicted octanol–water partition coefficient (Wildman–Crippen LogP) is 6.57. The zero-order valence-corrected chi connectivity index (χ0v) is 26.6. The number of benzene rings is 3. The second-order valence-electron chi connectivity index (χ2n) is 12.2. The molecule has 0 radical (unpaired) electrons. The lowest BCUT2D eigenvalue weighted by atomic mass is 9.92. The molecule has 1 aliphatic rings. The molecular formula is C35H39N7O4. The monoisotopic (exact) mass is 621 g/mol. The average Bonchev–Trinajstić information content (AvgIpc) is 3.47. The number of hydrogen-bond acceptors (Lipinski definition) is 8. The molecule has 46 heavy (non-hydrogen) atoms. The molecule has 5 aromatic rings. The first-order valence-electron chi connectivity index (χ1n) is 15.4. The van der Waals surface area contributed by atoms with E-state index in [0.717, 1.165) is 60.8 Å². The Morgan fingerprint density at radius 2 is 1.72 bits per heavy atom. The van der Waals surface area contributed by atoms with Crippen molar-refractivity contribution < 1.29 is 19.0 Å². The second kappa shape index (κ2) is 13.6. The van der Waals surface area contributed by atoms with E-state index in [-0.39, 0.29) is 5.41 Å². The Morgan fingerprint density at radius 3 is 2.46 bits per heavy atom. The van der Waals surface area contributed by atoms with Gasteiger partial charge in [-0.3, -0.25) is 10.2 Å². The Bertz CT molecular complexity index is 1810. The number of amides is 2. The summed E-state index contributed by atoms with van der Waals surface area (Å²) in [5, 5.41) is 12.6. The number of morpholine rings is 1. The molecule has 0 saturated carbocycles. The molecule has 2 amide bonds. The van der Waals surface area contributed by atoms with Gasteiger partial charge in [-0.2, -0.15) is 10.1 Å². The molecule has 3 heterocycles. The Labute approximate surface area is 268 Å². The van der Waals surface area contributed by atoms with Crippen LogP contribution in [0.3, 0.4) is 0 Å². The van der Waals surface area contributed by atoms with E-state index < -0.39 is 6.03 Å². The van der Waals surface area contributed by atoms with E-state index in [1.165, 1.54) is 0 Å². The van der Waals surface area contributed by atoms with Crippen LogP contribution in [0.2, 0.25) is 0 Å². The summed E-state index contributed by atoms with van der Waals surface area (Å²) in [4.78, 5) is 24.3. The third-order valence-corrected chi connectivity index (χ3v) is 7.68. The van der Waals surface area contributed by atoms with Crippen molar-refractivity contribution in [2.24, 2.45) is 0 Å². The van der Waals surface area contributed by atoms with Crippen LogP contribution < -0.4 is 20.1 Å². The topological polar surface area (TPSA) is 116 Å². The maximum absolute atomic E-state index is 13.4. The summed E-state index contributed by atoms with van der Waals surface area (Å²) in [6.07, 6.45) is 1.66. The van der Waals surface area contributed by atoms with Crippen LogP contribution in [0.5, 0.6) is 17.4 Å². The van der Waals surface area contributed by atoms with Gasteiger partial charge in [0.05, 0.1) is 30.3 Å². The number of anilines is 2. The number of aromatic nitrogens is 4. The lowest BCUT2D eigenvalue weighted by Crippen LogP contribution is -2.38. The molecule has 11 heteroatoms. The molecule has 0 atom stereocenters. The van der Waals surface area contributed by atoms with E-state index in [1.54, 1.807) is 16.9 Å². The molecule has 0 bridgehead atoms. The zero-order chi connectivity index (χ0) is 32.1. The second-order valence-corrected chi connectivity index (χ2v) is 12.2. The summed E-state index contributed by atoms with van der Waals surface area (Å²) < 4.78 is 19.2. The lowest BCUT2D eigenvalue weighted by molar-refractivity contribution is 0.0322. The third-order valence-electron chi connectivity index (χ3n) is 7.68. The first-order chi connectivity index (χ1) is 22.2. The van der Waals surface area contributed by atoms with Gasteiger partial charge in [0.2, 0.25) is 5.88 Å². The number of carbonyl (C=O) groups excluding carboxylic acids is 1. The van der Waals surface area contributed by atoms with Crippen molar-refractivity contribution in [1.82, 2.24) is 24.6 Å². The minimum absolute atomic E-state index is 0.227. The van der Waals surface area contributed by atoms with Gasteiger partial charge >= 0.3 is 6.03 Å². The van der Waals surface area contributed by atoms with Gasteiger partial charge in [0.15, 0.2) is 0 Å². The van der Waals surface area contributed by atoms with Crippen molar-refractivity contribution in [2.75, 3.05) is 50.1 Å². The molecule has 1 aliphatic heterocycles. The minimum atomic E-state index is -0.394. The third kappa shape index (κ3) is 7.44. The van der Waals surface area contributed by atoms with Crippen molar-refractivity contribution in [3.63, 3.8) is 0 Å². The number of fused-ring (bicyclic) bond motifs is 1. The van der Waals surface area contributed by atoms with Gasteiger partial charge in [0.1, 0.15) is 29.7 Å². The number of nitrogens with one attached hydrogen (secondary N) is 2. The van der Waals surface area contributed by atoms with Gasteiger partial charge < -0.3 is 19.5 Å². The normalized spacial score (nSPS) is 13.8. The highest BCUT2D eigenvalue weighted by molar-refractivity contribution is 6.07. The van der Waals surface area contributed by atoms with Crippen molar-refractivity contribution in [3.8, 4) is 23.1 Å². The Hall–Kier alpha value is -5.00. The molecule has 0 spiro atoms. The van der Waals surface area contributed by atoms with Crippen LogP contribution >= 0.6 is 0 Å². The molecule has 2 N–H and O–H groups in total. The highest BCUT2D eigenvalue weighted by Crippen LogP contribution is 2.34. The fraction of sp³-hybridized carbons (Fsp3) is 0.314. The van der Waals surface area contributed by atoms with E-state index >= 15 is 0 Å². The maximum atomic E-state index is 13.4. The number of rotatable bonds is 9. The first kappa shape index (κ1) is 31.0. The molecule has 0 unspecified atom stereocenters. The SMILES string of the molecule is Cc1nccc(Oc2ccc(NC(=O)Nc3cc(C(C)(C)C)nn3-c3ccc(OCCN4CCOCC4)cc3)c3ccccc23)n1. The van der Waals surface area contributed by atoms with Crippen LogP contribution in [0.4, 0.5) is 16.3 Å². The van der Waals surface area contributed by atoms with Gasteiger partial charge in [-0.15, -0.1) is 0 Å². The maximum Gasteiger partial charge on any atom is 0.324 e. The quantitative estimate of drug-likeness (QED) is 0.190. The smallest absolute Gasteiger partial charge is 0.324 e. The summed E-state index contributed by atoms with van der Waals surface area (Å²) in [6.45, 7) is 12.9. The number of nitrogens with zero attached hydrogens (tertiary/aromatic N) is 5.